The van der Waals surface area contributed by atoms with Gasteiger partial charge in [0.15, 0.2) is 0 Å². The number of methoxy groups -OCH3 is 1. The number of sulfonamides is 1. The van der Waals surface area contributed by atoms with Crippen LogP contribution in [0.5, 0.6) is 5.88 Å². The van der Waals surface area contributed by atoms with E-state index in [1.807, 2.05) is 18.2 Å². The van der Waals surface area contributed by atoms with Gasteiger partial charge in [-0.1, -0.05) is 18.2 Å². The van der Waals surface area contributed by atoms with Crippen molar-refractivity contribution in [3.05, 3.63) is 96.2 Å². The van der Waals surface area contributed by atoms with E-state index in [0.717, 1.165) is 35.9 Å². The minimum atomic E-state index is -4.45. The molecule has 1 aliphatic carbocycles. The van der Waals surface area contributed by atoms with E-state index in [1.165, 1.54) is 19.4 Å². The molecule has 12 heteroatoms. The highest BCUT2D eigenvalue weighted by molar-refractivity contribution is 7.92. The van der Waals surface area contributed by atoms with Gasteiger partial charge in [-0.2, -0.15) is 0 Å². The molecule has 0 saturated heterocycles. The third-order valence-corrected chi connectivity index (χ3v) is 8.40. The third-order valence-electron chi connectivity index (χ3n) is 7.00. The van der Waals surface area contributed by atoms with Crippen LogP contribution < -0.4 is 20.5 Å². The van der Waals surface area contributed by atoms with Crippen LogP contribution in [0.1, 0.15) is 23.2 Å². The Morgan fingerprint density at radius 2 is 1.79 bits per heavy atom. The molecular weight excluding hydrogens is 576 g/mol. The van der Waals surface area contributed by atoms with Gasteiger partial charge in [-0.15, -0.1) is 0 Å². The van der Waals surface area contributed by atoms with Gasteiger partial charge in [0, 0.05) is 40.4 Å². The number of rotatable bonds is 8. The molecule has 1 saturated carbocycles. The molecule has 1 amide bonds. The number of ether oxygens (including phenoxy) is 1. The summed E-state index contributed by atoms with van der Waals surface area (Å²) in [5, 5.41) is 3.72. The van der Waals surface area contributed by atoms with Crippen LogP contribution in [0.4, 0.5) is 20.3 Å². The minimum absolute atomic E-state index is 0.0405. The number of aromatic nitrogens is 2. The molecule has 3 aromatic carbocycles. The molecule has 0 unspecified atom stereocenters. The predicted octanol–water partition coefficient (Wildman–Crippen LogP) is 5.53. The van der Waals surface area contributed by atoms with Crippen molar-refractivity contribution < 1.29 is 26.7 Å². The summed E-state index contributed by atoms with van der Waals surface area (Å²) in [6, 6.07) is 18.3. The molecule has 43 heavy (non-hydrogen) atoms. The first-order valence-corrected chi connectivity index (χ1v) is 14.7. The summed E-state index contributed by atoms with van der Waals surface area (Å²) in [5.74, 6) is -2.02. The molecule has 0 atom stereocenters. The maximum atomic E-state index is 14.3. The maximum absolute atomic E-state index is 14.3. The Morgan fingerprint density at radius 1 is 0.977 bits per heavy atom. The number of carbonyl (C=O) groups is 1. The Labute approximate surface area is 245 Å². The fourth-order valence-corrected chi connectivity index (χ4v) is 5.77. The van der Waals surface area contributed by atoms with E-state index >= 15 is 0 Å². The summed E-state index contributed by atoms with van der Waals surface area (Å²) < 4.78 is 61.0. The second kappa shape index (κ2) is 11.0. The number of nitrogens with two attached hydrogens (primary N) is 1. The number of fused-ring (bicyclic) bond motifs is 1. The van der Waals surface area contributed by atoms with Crippen LogP contribution in [0.3, 0.4) is 0 Å². The van der Waals surface area contributed by atoms with Crippen LogP contribution in [-0.2, 0) is 10.0 Å². The number of hydrogen-bond acceptors (Lipinski definition) is 7. The standard InChI is InChI=1S/C31H25F2N5O4S/c1-42-31-27(38-43(40,41)28-10-6-22(32)15-25(28)33)14-21(16-35-31)17-5-9-26-20(11-17)13-24(29(34)37-26)18-3-2-4-19(12-18)30(39)36-23-7-8-23/h2-6,9-16,23,38H,7-8H2,1H3,(H2,34,37)(H,36,39). The molecule has 9 nitrogen and oxygen atoms in total. The first kappa shape index (κ1) is 28.0. The quantitative estimate of drug-likeness (QED) is 0.213. The Morgan fingerprint density at radius 3 is 2.53 bits per heavy atom. The van der Waals surface area contributed by atoms with Crippen LogP contribution in [0.2, 0.25) is 0 Å². The third kappa shape index (κ3) is 5.82. The summed E-state index contributed by atoms with van der Waals surface area (Å²) in [5.41, 5.74) is 10.0. The first-order chi connectivity index (χ1) is 20.6. The van der Waals surface area contributed by atoms with Crippen LogP contribution >= 0.6 is 0 Å². The Bertz CT molecular complexity index is 2020. The highest BCUT2D eigenvalue weighted by atomic mass is 32.2. The molecule has 2 aromatic heterocycles. The molecule has 1 aliphatic rings. The number of nitrogens with one attached hydrogen (secondary N) is 2. The van der Waals surface area contributed by atoms with Crippen molar-refractivity contribution in [3.8, 4) is 28.1 Å². The molecule has 4 N–H and O–H groups in total. The smallest absolute Gasteiger partial charge is 0.264 e. The van der Waals surface area contributed by atoms with Crippen molar-refractivity contribution in [1.29, 1.82) is 0 Å². The summed E-state index contributed by atoms with van der Waals surface area (Å²) in [6.45, 7) is 0. The topological polar surface area (TPSA) is 136 Å². The number of hydrogen-bond donors (Lipinski definition) is 3. The SMILES string of the molecule is COc1ncc(-c2ccc3nc(N)c(-c4cccc(C(=O)NC5CC5)c4)cc3c2)cc1NS(=O)(=O)c1ccc(F)cc1F. The number of anilines is 2. The van der Waals surface area contributed by atoms with E-state index in [9.17, 15) is 22.0 Å². The van der Waals surface area contributed by atoms with Crippen molar-refractivity contribution in [2.24, 2.45) is 0 Å². The number of pyridine rings is 2. The fraction of sp³-hybridized carbons (Fsp3) is 0.129. The lowest BCUT2D eigenvalue weighted by Gasteiger charge is -2.14. The first-order valence-electron chi connectivity index (χ1n) is 13.2. The monoisotopic (exact) mass is 601 g/mol. The van der Waals surface area contributed by atoms with E-state index in [0.29, 0.717) is 39.7 Å². The summed E-state index contributed by atoms with van der Waals surface area (Å²) in [6.07, 6.45) is 3.47. The molecular formula is C31H25F2N5O4S. The van der Waals surface area contributed by atoms with Gasteiger partial charge in [-0.25, -0.2) is 27.2 Å². The Balaban J connectivity index is 1.35. The van der Waals surface area contributed by atoms with Gasteiger partial charge in [0.25, 0.3) is 15.9 Å². The summed E-state index contributed by atoms with van der Waals surface area (Å²) >= 11 is 0. The molecule has 2 heterocycles. The van der Waals surface area contributed by atoms with Gasteiger partial charge in [0.05, 0.1) is 12.6 Å². The average molecular weight is 602 g/mol. The van der Waals surface area contributed by atoms with Crippen molar-refractivity contribution in [2.45, 2.75) is 23.8 Å². The molecule has 0 aliphatic heterocycles. The van der Waals surface area contributed by atoms with E-state index < -0.39 is 26.6 Å². The zero-order valence-corrected chi connectivity index (χ0v) is 23.6. The number of amides is 1. The highest BCUT2D eigenvalue weighted by Crippen LogP contribution is 2.34. The second-order valence-electron chi connectivity index (χ2n) is 10.1. The normalized spacial score (nSPS) is 13.1. The number of halogens is 2. The van der Waals surface area contributed by atoms with Crippen LogP contribution in [-0.4, -0.2) is 37.4 Å². The van der Waals surface area contributed by atoms with Gasteiger partial charge in [-0.05, 0) is 72.5 Å². The van der Waals surface area contributed by atoms with Gasteiger partial charge in [-0.3, -0.25) is 9.52 Å². The van der Waals surface area contributed by atoms with Crippen LogP contribution in [0.25, 0.3) is 33.2 Å². The van der Waals surface area contributed by atoms with Crippen molar-refractivity contribution in [3.63, 3.8) is 0 Å². The van der Waals surface area contributed by atoms with Gasteiger partial charge < -0.3 is 15.8 Å². The van der Waals surface area contributed by atoms with Crippen molar-refractivity contribution in [1.82, 2.24) is 15.3 Å². The zero-order valence-electron chi connectivity index (χ0n) is 22.8. The lowest BCUT2D eigenvalue weighted by atomic mass is 9.99. The van der Waals surface area contributed by atoms with Crippen molar-refractivity contribution in [2.75, 3.05) is 17.6 Å². The number of nitrogens with zero attached hydrogens (tertiary/aromatic N) is 2. The molecule has 6 rings (SSSR count). The van der Waals surface area contributed by atoms with Gasteiger partial charge >= 0.3 is 0 Å². The van der Waals surface area contributed by atoms with Gasteiger partial charge in [0.1, 0.15) is 28.0 Å². The molecule has 5 aromatic rings. The van der Waals surface area contributed by atoms with E-state index in [1.54, 1.807) is 30.3 Å². The van der Waals surface area contributed by atoms with Crippen LogP contribution in [0, 0.1) is 11.6 Å². The van der Waals surface area contributed by atoms with E-state index in [2.05, 4.69) is 20.0 Å². The van der Waals surface area contributed by atoms with Gasteiger partial charge in [0.2, 0.25) is 5.88 Å². The fourth-order valence-electron chi connectivity index (χ4n) is 4.67. The number of nitrogen functional groups attached to an aromatic ring is 1. The Kier molecular flexibility index (Phi) is 7.14. The van der Waals surface area contributed by atoms with E-state index in [-0.39, 0.29) is 23.5 Å². The minimum Gasteiger partial charge on any atom is -0.480 e. The molecule has 218 valence electrons. The highest BCUT2D eigenvalue weighted by Gasteiger charge is 2.24. The summed E-state index contributed by atoms with van der Waals surface area (Å²) in [4.78, 5) is 20.6. The summed E-state index contributed by atoms with van der Waals surface area (Å²) in [7, 11) is -3.13. The molecule has 1 fully saturated rings. The number of benzene rings is 3. The molecule has 0 spiro atoms. The number of carbonyl (C=O) groups excluding carboxylic acids is 1. The predicted molar refractivity (Wildman–Crippen MR) is 159 cm³/mol. The zero-order chi connectivity index (χ0) is 30.3. The van der Waals surface area contributed by atoms with E-state index in [4.69, 9.17) is 10.5 Å². The van der Waals surface area contributed by atoms with Crippen molar-refractivity contribution >= 4 is 38.3 Å². The molecule has 0 radical (unpaired) electrons. The Hall–Kier alpha value is -5.10. The lowest BCUT2D eigenvalue weighted by molar-refractivity contribution is 0.0951. The maximum Gasteiger partial charge on any atom is 0.264 e. The van der Waals surface area contributed by atoms with Crippen LogP contribution in [0.15, 0.2) is 83.9 Å². The lowest BCUT2D eigenvalue weighted by Crippen LogP contribution is -2.25. The molecule has 0 bridgehead atoms. The average Bonchev–Trinajstić information content (AvgIpc) is 3.80. The second-order valence-corrected chi connectivity index (χ2v) is 11.8. The largest absolute Gasteiger partial charge is 0.480 e.